The smallest absolute Gasteiger partial charge is 0.131 e. The van der Waals surface area contributed by atoms with E-state index in [1.165, 1.54) is 0 Å². The van der Waals surface area contributed by atoms with E-state index >= 15 is 0 Å². The van der Waals surface area contributed by atoms with Crippen LogP contribution in [0.5, 0.6) is 0 Å². The molecule has 56 valence electrons. The number of halogens is 3. The van der Waals surface area contributed by atoms with E-state index in [0.717, 1.165) is 0 Å². The molecule has 0 N–H and O–H groups in total. The molecule has 0 heterocycles. The van der Waals surface area contributed by atoms with Gasteiger partial charge < -0.3 is 0 Å². The molecule has 0 rings (SSSR count). The van der Waals surface area contributed by atoms with Crippen molar-refractivity contribution in [2.24, 2.45) is 0 Å². The summed E-state index contributed by atoms with van der Waals surface area (Å²) in [5.74, 6) is 0. The fraction of sp³-hybridized carbons (Fsp3) is 1.00. The highest BCUT2D eigenvalue weighted by Gasteiger charge is 2.12. The molecule has 0 aliphatic rings. The van der Waals surface area contributed by atoms with Gasteiger partial charge in [-0.05, 0) is 6.42 Å². The van der Waals surface area contributed by atoms with E-state index in [0.29, 0.717) is 0 Å². The Morgan fingerprint density at radius 2 is 1.78 bits per heavy atom. The predicted molar refractivity (Wildman–Crippen MR) is 30.7 cm³/mol. The van der Waals surface area contributed by atoms with Crippen molar-refractivity contribution in [2.45, 2.75) is 32.1 Å². The Balaban J connectivity index is 3.22. The third-order valence-corrected chi connectivity index (χ3v) is 1.12. The SMILES string of the molecule is CCC(F)CC(F)CF. The van der Waals surface area contributed by atoms with Crippen LogP contribution in [0.3, 0.4) is 0 Å². The van der Waals surface area contributed by atoms with Crippen LogP contribution >= 0.6 is 0 Å². The first-order valence-electron chi connectivity index (χ1n) is 3.04. The summed E-state index contributed by atoms with van der Waals surface area (Å²) in [6.45, 7) is 0.538. The van der Waals surface area contributed by atoms with E-state index in [-0.39, 0.29) is 12.8 Å². The van der Waals surface area contributed by atoms with Crippen LogP contribution in [-0.2, 0) is 0 Å². The Bertz CT molecular complexity index is 57.3. The van der Waals surface area contributed by atoms with Gasteiger partial charge in [0.25, 0.3) is 0 Å². The lowest BCUT2D eigenvalue weighted by Crippen LogP contribution is -2.10. The standard InChI is InChI=1S/C6H11F3/c1-2-5(8)3-6(9)4-7/h5-6H,2-4H2,1H3. The summed E-state index contributed by atoms with van der Waals surface area (Å²) >= 11 is 0. The molecular formula is C6H11F3. The lowest BCUT2D eigenvalue weighted by atomic mass is 10.2. The van der Waals surface area contributed by atoms with Gasteiger partial charge in [0.05, 0.1) is 0 Å². The zero-order chi connectivity index (χ0) is 7.28. The molecule has 0 aromatic rings. The van der Waals surface area contributed by atoms with Crippen molar-refractivity contribution in [1.82, 2.24) is 0 Å². The van der Waals surface area contributed by atoms with Crippen molar-refractivity contribution in [3.63, 3.8) is 0 Å². The lowest BCUT2D eigenvalue weighted by Gasteiger charge is -2.05. The molecule has 0 aliphatic carbocycles. The second-order valence-electron chi connectivity index (χ2n) is 1.99. The van der Waals surface area contributed by atoms with Crippen molar-refractivity contribution in [3.05, 3.63) is 0 Å². The molecule has 0 saturated carbocycles. The minimum absolute atomic E-state index is 0.264. The molecule has 0 nitrogen and oxygen atoms in total. The van der Waals surface area contributed by atoms with Crippen LogP contribution in [0.2, 0.25) is 0 Å². The summed E-state index contributed by atoms with van der Waals surface area (Å²) in [5.41, 5.74) is 0. The summed E-state index contributed by atoms with van der Waals surface area (Å²) in [5, 5.41) is 0. The molecule has 2 unspecified atom stereocenters. The Morgan fingerprint density at radius 1 is 1.22 bits per heavy atom. The van der Waals surface area contributed by atoms with Crippen LogP contribution in [0, 0.1) is 0 Å². The lowest BCUT2D eigenvalue weighted by molar-refractivity contribution is 0.184. The molecule has 0 bridgehead atoms. The second kappa shape index (κ2) is 4.65. The molecule has 9 heavy (non-hydrogen) atoms. The number of hydrogen-bond donors (Lipinski definition) is 0. The van der Waals surface area contributed by atoms with Gasteiger partial charge in [-0.1, -0.05) is 6.92 Å². The Morgan fingerprint density at radius 3 is 2.11 bits per heavy atom. The largest absolute Gasteiger partial charge is 0.248 e. The van der Waals surface area contributed by atoms with E-state index in [9.17, 15) is 13.2 Å². The van der Waals surface area contributed by atoms with E-state index in [1.807, 2.05) is 0 Å². The molecule has 0 fully saturated rings. The molecule has 2 atom stereocenters. The summed E-state index contributed by atoms with van der Waals surface area (Å²) in [6, 6.07) is 0. The molecule has 0 aliphatic heterocycles. The monoisotopic (exact) mass is 140 g/mol. The molecule has 0 amide bonds. The minimum Gasteiger partial charge on any atom is -0.248 e. The van der Waals surface area contributed by atoms with E-state index in [2.05, 4.69) is 0 Å². The minimum atomic E-state index is -1.61. The zero-order valence-corrected chi connectivity index (χ0v) is 5.41. The zero-order valence-electron chi connectivity index (χ0n) is 5.41. The van der Waals surface area contributed by atoms with E-state index in [1.54, 1.807) is 6.92 Å². The first kappa shape index (κ1) is 8.79. The van der Waals surface area contributed by atoms with Crippen molar-refractivity contribution in [3.8, 4) is 0 Å². The maximum Gasteiger partial charge on any atom is 0.131 e. The third kappa shape index (κ3) is 4.30. The highest BCUT2D eigenvalue weighted by molar-refractivity contribution is 4.60. The maximum absolute atomic E-state index is 12.2. The molecule has 0 spiro atoms. The van der Waals surface area contributed by atoms with Crippen LogP contribution in [-0.4, -0.2) is 19.0 Å². The highest BCUT2D eigenvalue weighted by atomic mass is 19.2. The average Bonchev–Trinajstić information content (AvgIpc) is 1.87. The van der Waals surface area contributed by atoms with Crippen molar-refractivity contribution < 1.29 is 13.2 Å². The van der Waals surface area contributed by atoms with Crippen molar-refractivity contribution >= 4 is 0 Å². The average molecular weight is 140 g/mol. The number of rotatable bonds is 4. The van der Waals surface area contributed by atoms with Gasteiger partial charge in [0.15, 0.2) is 0 Å². The summed E-state index contributed by atoms with van der Waals surface area (Å²) in [7, 11) is 0. The Kier molecular flexibility index (Phi) is 4.54. The third-order valence-electron chi connectivity index (χ3n) is 1.12. The predicted octanol–water partition coefficient (Wildman–Crippen LogP) is 2.43. The quantitative estimate of drug-likeness (QED) is 0.562. The summed E-state index contributed by atoms with van der Waals surface area (Å²) < 4.78 is 35.5. The van der Waals surface area contributed by atoms with Gasteiger partial charge in [-0.3, -0.25) is 0 Å². The van der Waals surface area contributed by atoms with Crippen molar-refractivity contribution in [1.29, 1.82) is 0 Å². The molecule has 3 heteroatoms. The first-order valence-corrected chi connectivity index (χ1v) is 3.04. The molecular weight excluding hydrogens is 129 g/mol. The normalized spacial score (nSPS) is 17.3. The molecule has 0 aromatic heterocycles. The van der Waals surface area contributed by atoms with Crippen LogP contribution in [0.4, 0.5) is 13.2 Å². The van der Waals surface area contributed by atoms with Gasteiger partial charge in [-0.2, -0.15) is 0 Å². The van der Waals surface area contributed by atoms with Crippen LogP contribution in [0.15, 0.2) is 0 Å². The first-order chi connectivity index (χ1) is 4.20. The van der Waals surface area contributed by atoms with E-state index < -0.39 is 19.0 Å². The molecule has 0 aromatic carbocycles. The summed E-state index contributed by atoms with van der Waals surface area (Å²) in [6.07, 6.45) is -2.83. The van der Waals surface area contributed by atoms with E-state index in [4.69, 9.17) is 0 Å². The summed E-state index contributed by atoms with van der Waals surface area (Å²) in [4.78, 5) is 0. The van der Waals surface area contributed by atoms with Crippen molar-refractivity contribution in [2.75, 3.05) is 6.67 Å². The van der Waals surface area contributed by atoms with Gasteiger partial charge >= 0.3 is 0 Å². The fourth-order valence-corrected chi connectivity index (χ4v) is 0.507. The van der Waals surface area contributed by atoms with Gasteiger partial charge in [0.1, 0.15) is 19.0 Å². The van der Waals surface area contributed by atoms with Gasteiger partial charge in [-0.15, -0.1) is 0 Å². The number of alkyl halides is 3. The fourth-order valence-electron chi connectivity index (χ4n) is 0.507. The topological polar surface area (TPSA) is 0 Å². The number of hydrogen-bond acceptors (Lipinski definition) is 0. The Labute approximate surface area is 53.1 Å². The highest BCUT2D eigenvalue weighted by Crippen LogP contribution is 2.09. The van der Waals surface area contributed by atoms with Crippen LogP contribution < -0.4 is 0 Å². The van der Waals surface area contributed by atoms with Gasteiger partial charge in [0, 0.05) is 6.42 Å². The maximum atomic E-state index is 12.2. The Hall–Kier alpha value is -0.210. The molecule has 0 radical (unpaired) electrons. The van der Waals surface area contributed by atoms with Crippen LogP contribution in [0.1, 0.15) is 19.8 Å². The second-order valence-corrected chi connectivity index (χ2v) is 1.99. The van der Waals surface area contributed by atoms with Gasteiger partial charge in [0.2, 0.25) is 0 Å². The van der Waals surface area contributed by atoms with Crippen LogP contribution in [0.25, 0.3) is 0 Å². The molecule has 0 saturated heterocycles. The van der Waals surface area contributed by atoms with Gasteiger partial charge in [-0.25, -0.2) is 13.2 Å².